The molecule has 1 amide bonds. The van der Waals surface area contributed by atoms with Crippen LogP contribution in [0, 0.1) is 5.92 Å². The number of nitrogens with one attached hydrogen (secondary N) is 1. The molecule has 1 aliphatic rings. The van der Waals surface area contributed by atoms with Crippen LogP contribution < -0.4 is 5.32 Å². The van der Waals surface area contributed by atoms with Gasteiger partial charge >= 0.3 is 0 Å². The Balaban J connectivity index is 1.54. The normalized spacial score (nSPS) is 20.4. The van der Waals surface area contributed by atoms with E-state index in [1.165, 1.54) is 0 Å². The Morgan fingerprint density at radius 3 is 2.81 bits per heavy atom. The highest BCUT2D eigenvalue weighted by Crippen LogP contribution is 2.31. The first-order valence-corrected chi connectivity index (χ1v) is 9.05. The second kappa shape index (κ2) is 8.87. The van der Waals surface area contributed by atoms with Gasteiger partial charge in [0.2, 0.25) is 5.91 Å². The van der Waals surface area contributed by atoms with Gasteiger partial charge in [-0.1, -0.05) is 12.1 Å². The molecule has 6 nitrogen and oxygen atoms in total. The lowest BCUT2D eigenvalue weighted by Crippen LogP contribution is -2.50. The number of likely N-dealkylation sites (N-methyl/N-ethyl adjacent to an activating group) is 1. The number of aromatic nitrogens is 2. The highest BCUT2D eigenvalue weighted by atomic mass is 16.3. The fourth-order valence-corrected chi connectivity index (χ4v) is 3.39. The Hall–Kier alpha value is -2.31. The Kier molecular flexibility index (Phi) is 6.30. The molecular formula is C20H26N4O2. The summed E-state index contributed by atoms with van der Waals surface area (Å²) in [4.78, 5) is 23.0. The smallest absolute Gasteiger partial charge is 0.234 e. The lowest BCUT2D eigenvalue weighted by molar-refractivity contribution is -0.123. The van der Waals surface area contributed by atoms with Crippen LogP contribution >= 0.6 is 0 Å². The van der Waals surface area contributed by atoms with Crippen molar-refractivity contribution in [2.75, 3.05) is 13.6 Å². The Bertz CT molecular complexity index is 689. The number of rotatable bonds is 8. The van der Waals surface area contributed by atoms with E-state index in [1.807, 2.05) is 48.5 Å². The number of hydrogen-bond donors (Lipinski definition) is 2. The van der Waals surface area contributed by atoms with Crippen molar-refractivity contribution >= 4 is 5.91 Å². The van der Waals surface area contributed by atoms with E-state index in [2.05, 4.69) is 15.3 Å². The summed E-state index contributed by atoms with van der Waals surface area (Å²) in [5, 5.41) is 12.8. The van der Waals surface area contributed by atoms with Crippen molar-refractivity contribution in [3.8, 4) is 0 Å². The van der Waals surface area contributed by atoms with Gasteiger partial charge < -0.3 is 10.4 Å². The SMILES string of the molecule is CN(CC(=O)NC(Cc1ccccn1)C1CC(O)C1)Cc1cccnc1. The zero-order valence-corrected chi connectivity index (χ0v) is 15.1. The van der Waals surface area contributed by atoms with Crippen molar-refractivity contribution < 1.29 is 9.90 Å². The molecule has 1 fully saturated rings. The first kappa shape index (κ1) is 18.5. The minimum Gasteiger partial charge on any atom is -0.393 e. The molecule has 0 saturated heterocycles. The monoisotopic (exact) mass is 354 g/mol. The van der Waals surface area contributed by atoms with Crippen molar-refractivity contribution in [3.05, 3.63) is 60.2 Å². The summed E-state index contributed by atoms with van der Waals surface area (Å²) in [7, 11) is 1.92. The van der Waals surface area contributed by atoms with Crippen LogP contribution in [0.25, 0.3) is 0 Å². The summed E-state index contributed by atoms with van der Waals surface area (Å²) in [6.07, 6.45) is 7.25. The second-order valence-electron chi connectivity index (χ2n) is 7.12. The van der Waals surface area contributed by atoms with E-state index in [0.29, 0.717) is 25.4 Å². The number of aliphatic hydroxyl groups excluding tert-OH is 1. The van der Waals surface area contributed by atoms with Crippen molar-refractivity contribution in [3.63, 3.8) is 0 Å². The lowest BCUT2D eigenvalue weighted by atomic mass is 9.76. The summed E-state index contributed by atoms with van der Waals surface area (Å²) in [5.74, 6) is 0.304. The van der Waals surface area contributed by atoms with Crippen LogP contribution in [0.5, 0.6) is 0 Å². The number of carbonyl (C=O) groups is 1. The van der Waals surface area contributed by atoms with Crippen molar-refractivity contribution in [2.24, 2.45) is 5.92 Å². The van der Waals surface area contributed by atoms with E-state index in [0.717, 1.165) is 24.1 Å². The maximum atomic E-state index is 12.5. The van der Waals surface area contributed by atoms with Gasteiger partial charge in [-0.25, -0.2) is 0 Å². The first-order valence-electron chi connectivity index (χ1n) is 9.05. The molecule has 138 valence electrons. The first-order chi connectivity index (χ1) is 12.6. The van der Waals surface area contributed by atoms with Gasteiger partial charge in [-0.05, 0) is 49.6 Å². The number of carbonyl (C=O) groups excluding carboxylic acids is 1. The van der Waals surface area contributed by atoms with Crippen molar-refractivity contribution in [1.29, 1.82) is 0 Å². The van der Waals surface area contributed by atoms with E-state index in [1.54, 1.807) is 12.4 Å². The molecule has 0 aliphatic heterocycles. The topological polar surface area (TPSA) is 78.4 Å². The van der Waals surface area contributed by atoms with Crippen LogP contribution in [0.4, 0.5) is 0 Å². The number of pyridine rings is 2. The molecule has 2 aromatic heterocycles. The molecule has 0 radical (unpaired) electrons. The average molecular weight is 354 g/mol. The van der Waals surface area contributed by atoms with Gasteiger partial charge in [0.1, 0.15) is 0 Å². The fourth-order valence-electron chi connectivity index (χ4n) is 3.39. The number of amides is 1. The lowest BCUT2D eigenvalue weighted by Gasteiger charge is -2.38. The molecule has 26 heavy (non-hydrogen) atoms. The third kappa shape index (κ3) is 5.34. The molecule has 3 rings (SSSR count). The summed E-state index contributed by atoms with van der Waals surface area (Å²) in [5.41, 5.74) is 2.04. The Morgan fingerprint density at radius 2 is 2.15 bits per heavy atom. The van der Waals surface area contributed by atoms with Gasteiger partial charge in [-0.3, -0.25) is 19.7 Å². The largest absolute Gasteiger partial charge is 0.393 e. The molecule has 1 aliphatic carbocycles. The number of nitrogens with zero attached hydrogens (tertiary/aromatic N) is 3. The molecule has 0 bridgehead atoms. The predicted octanol–water partition coefficient (Wildman–Crippen LogP) is 1.41. The summed E-state index contributed by atoms with van der Waals surface area (Å²) in [6.45, 7) is 0.997. The maximum absolute atomic E-state index is 12.5. The standard InChI is InChI=1S/C20H26N4O2/c1-24(13-15-5-4-7-21-12-15)14-20(26)23-19(16-9-18(25)10-16)11-17-6-2-3-8-22-17/h2-8,12,16,18-19,25H,9-11,13-14H2,1H3,(H,23,26). The summed E-state index contributed by atoms with van der Waals surface area (Å²) in [6, 6.07) is 9.72. The minimum atomic E-state index is -0.239. The van der Waals surface area contributed by atoms with Gasteiger partial charge in [0.05, 0.1) is 12.6 Å². The van der Waals surface area contributed by atoms with Crippen molar-refractivity contribution in [1.82, 2.24) is 20.2 Å². The molecule has 1 saturated carbocycles. The van der Waals surface area contributed by atoms with Gasteiger partial charge in [0, 0.05) is 43.3 Å². The molecule has 2 N–H and O–H groups in total. The van der Waals surface area contributed by atoms with Crippen LogP contribution in [0.2, 0.25) is 0 Å². The van der Waals surface area contributed by atoms with E-state index in [4.69, 9.17) is 0 Å². The number of hydrogen-bond acceptors (Lipinski definition) is 5. The second-order valence-corrected chi connectivity index (χ2v) is 7.12. The minimum absolute atomic E-state index is 0.00119. The average Bonchev–Trinajstić information content (AvgIpc) is 2.60. The highest BCUT2D eigenvalue weighted by Gasteiger charge is 2.35. The molecule has 1 unspecified atom stereocenters. The summed E-state index contributed by atoms with van der Waals surface area (Å²) < 4.78 is 0. The van der Waals surface area contributed by atoms with Gasteiger partial charge in [0.15, 0.2) is 0 Å². The predicted molar refractivity (Wildman–Crippen MR) is 99.2 cm³/mol. The highest BCUT2D eigenvalue weighted by molar-refractivity contribution is 5.78. The zero-order valence-electron chi connectivity index (χ0n) is 15.1. The molecular weight excluding hydrogens is 328 g/mol. The van der Waals surface area contributed by atoms with Crippen LogP contribution in [0.3, 0.4) is 0 Å². The Labute approximate surface area is 154 Å². The number of aliphatic hydroxyl groups is 1. The fraction of sp³-hybridized carbons (Fsp3) is 0.450. The molecule has 2 heterocycles. The quantitative estimate of drug-likeness (QED) is 0.749. The third-order valence-electron chi connectivity index (χ3n) is 4.81. The molecule has 0 spiro atoms. The van der Waals surface area contributed by atoms with Gasteiger partial charge in [-0.15, -0.1) is 0 Å². The van der Waals surface area contributed by atoms with E-state index < -0.39 is 0 Å². The van der Waals surface area contributed by atoms with Crippen LogP contribution in [0.15, 0.2) is 48.9 Å². The van der Waals surface area contributed by atoms with Crippen molar-refractivity contribution in [2.45, 2.75) is 38.0 Å². The zero-order chi connectivity index (χ0) is 18.4. The van der Waals surface area contributed by atoms with E-state index in [-0.39, 0.29) is 18.1 Å². The Morgan fingerprint density at radius 1 is 1.31 bits per heavy atom. The molecule has 6 heteroatoms. The third-order valence-corrected chi connectivity index (χ3v) is 4.81. The van der Waals surface area contributed by atoms with Crippen LogP contribution in [-0.2, 0) is 17.8 Å². The van der Waals surface area contributed by atoms with E-state index >= 15 is 0 Å². The summed E-state index contributed by atoms with van der Waals surface area (Å²) >= 11 is 0. The van der Waals surface area contributed by atoms with E-state index in [9.17, 15) is 9.90 Å². The maximum Gasteiger partial charge on any atom is 0.234 e. The van der Waals surface area contributed by atoms with Gasteiger partial charge in [-0.2, -0.15) is 0 Å². The van der Waals surface area contributed by atoms with Gasteiger partial charge in [0.25, 0.3) is 0 Å². The molecule has 0 aromatic carbocycles. The molecule has 1 atom stereocenters. The molecule has 2 aromatic rings. The van der Waals surface area contributed by atoms with Crippen LogP contribution in [0.1, 0.15) is 24.1 Å². The van der Waals surface area contributed by atoms with Crippen LogP contribution in [-0.4, -0.2) is 51.6 Å².